The predicted octanol–water partition coefficient (Wildman–Crippen LogP) is 6.33. The molecule has 0 unspecified atom stereocenters. The van der Waals surface area contributed by atoms with Crippen LogP contribution in [-0.4, -0.2) is 28.5 Å². The Morgan fingerprint density at radius 3 is 2.54 bits per heavy atom. The van der Waals surface area contributed by atoms with Gasteiger partial charge in [-0.1, -0.05) is 23.8 Å². The molecule has 8 heteroatoms. The van der Waals surface area contributed by atoms with Crippen molar-refractivity contribution in [3.05, 3.63) is 89.6 Å². The van der Waals surface area contributed by atoms with E-state index in [9.17, 15) is 0 Å². The summed E-state index contributed by atoms with van der Waals surface area (Å²) in [6.45, 7) is 8.28. The first-order valence-electron chi connectivity index (χ1n) is 12.2. The van der Waals surface area contributed by atoms with E-state index in [1.807, 2.05) is 52.1 Å². The van der Waals surface area contributed by atoms with Gasteiger partial charge in [0.05, 0.1) is 30.6 Å². The molecule has 0 saturated heterocycles. The number of aromatic nitrogens is 2. The molecule has 4 aromatic rings. The fourth-order valence-corrected chi connectivity index (χ4v) is 4.03. The van der Waals surface area contributed by atoms with Gasteiger partial charge in [0, 0.05) is 35.1 Å². The number of imidazole rings is 1. The minimum absolute atomic E-state index is 0.0379. The number of aryl methyl sites for hydroxylation is 1. The van der Waals surface area contributed by atoms with Crippen molar-refractivity contribution in [1.82, 2.24) is 9.97 Å². The number of hydrogen-bond acceptors (Lipinski definition) is 5. The van der Waals surface area contributed by atoms with Gasteiger partial charge in [0.15, 0.2) is 11.6 Å². The van der Waals surface area contributed by atoms with Crippen LogP contribution in [0.2, 0.25) is 0 Å². The third-order valence-corrected chi connectivity index (χ3v) is 5.70. The Kier molecular flexibility index (Phi) is 7.77. The van der Waals surface area contributed by atoms with Crippen LogP contribution < -0.4 is 20.1 Å². The number of nitrogens with two attached hydrogens (primary N) is 1. The summed E-state index contributed by atoms with van der Waals surface area (Å²) in [5.41, 5.74) is 10.1. The normalized spacial score (nSPS) is 11.0. The Labute approximate surface area is 216 Å². The smallest absolute Gasteiger partial charge is 0.188 e. The first-order chi connectivity index (χ1) is 17.7. The molecule has 4 N–H and O–H groups in total. The molecular formula is C29H32FN5O2. The largest absolute Gasteiger partial charge is 0.494 e. The van der Waals surface area contributed by atoms with Crippen molar-refractivity contribution < 1.29 is 13.9 Å². The molecule has 0 aliphatic rings. The van der Waals surface area contributed by atoms with Crippen molar-refractivity contribution in [2.75, 3.05) is 11.5 Å². The van der Waals surface area contributed by atoms with Crippen LogP contribution in [0.4, 0.5) is 15.8 Å². The second-order valence-electron chi connectivity index (χ2n) is 9.00. The molecule has 0 amide bonds. The van der Waals surface area contributed by atoms with E-state index >= 15 is 4.39 Å². The summed E-state index contributed by atoms with van der Waals surface area (Å²) in [7, 11) is 0. The van der Waals surface area contributed by atoms with Crippen LogP contribution in [0, 0.1) is 18.2 Å². The molecule has 1 aromatic heterocycles. The maximum absolute atomic E-state index is 15.9. The maximum Gasteiger partial charge on any atom is 0.188 e. The van der Waals surface area contributed by atoms with Crippen LogP contribution in [0.1, 0.15) is 37.7 Å². The quantitative estimate of drug-likeness (QED) is 0.174. The summed E-state index contributed by atoms with van der Waals surface area (Å²) in [6.07, 6.45) is 1.63. The van der Waals surface area contributed by atoms with Crippen LogP contribution >= 0.6 is 0 Å². The molecule has 0 fully saturated rings. The highest BCUT2D eigenvalue weighted by molar-refractivity contribution is 5.95. The zero-order valence-corrected chi connectivity index (χ0v) is 21.5. The second kappa shape index (κ2) is 11.2. The van der Waals surface area contributed by atoms with Crippen molar-refractivity contribution in [1.29, 1.82) is 5.41 Å². The Hall–Kier alpha value is -4.33. The molecule has 0 atom stereocenters. The highest BCUT2D eigenvalue weighted by Gasteiger charge is 2.22. The highest BCUT2D eigenvalue weighted by Crippen LogP contribution is 2.38. The number of ether oxygens (including phenoxy) is 2. The van der Waals surface area contributed by atoms with Crippen LogP contribution in [-0.2, 0) is 6.54 Å². The number of halogens is 1. The summed E-state index contributed by atoms with van der Waals surface area (Å²) >= 11 is 0. The molecule has 0 aliphatic heterocycles. The second-order valence-corrected chi connectivity index (χ2v) is 9.00. The van der Waals surface area contributed by atoms with Crippen LogP contribution in [0.25, 0.3) is 11.3 Å². The molecule has 1 heterocycles. The lowest BCUT2D eigenvalue weighted by molar-refractivity contribution is 0.229. The topological polar surface area (TPSA) is 100 Å². The van der Waals surface area contributed by atoms with Crippen molar-refractivity contribution >= 4 is 17.2 Å². The van der Waals surface area contributed by atoms with Crippen molar-refractivity contribution in [3.8, 4) is 22.8 Å². The fourth-order valence-electron chi connectivity index (χ4n) is 4.03. The number of nitrogens with one attached hydrogen (secondary N) is 2. The molecule has 0 spiro atoms. The molecule has 192 valence electrons. The number of hydrogen-bond donors (Lipinski definition) is 3. The van der Waals surface area contributed by atoms with E-state index in [1.165, 1.54) is 0 Å². The first kappa shape index (κ1) is 25.8. The Morgan fingerprint density at radius 2 is 1.89 bits per heavy atom. The lowest BCUT2D eigenvalue weighted by Crippen LogP contribution is -2.20. The molecule has 0 saturated carbocycles. The molecule has 4 rings (SSSR count). The van der Waals surface area contributed by atoms with E-state index < -0.39 is 5.82 Å². The minimum Gasteiger partial charge on any atom is -0.494 e. The lowest BCUT2D eigenvalue weighted by atomic mass is 10.1. The van der Waals surface area contributed by atoms with Crippen LogP contribution in [0.3, 0.4) is 0 Å². The van der Waals surface area contributed by atoms with Gasteiger partial charge < -0.3 is 25.1 Å². The SMILES string of the molecule is CCOc1cc(OC(C)C)c(F)c(N(Cc2nc(-c3cccc(C)c3)c[nH]2)c2ccc(C(=N)N)cc2)c1. The summed E-state index contributed by atoms with van der Waals surface area (Å²) < 4.78 is 27.4. The van der Waals surface area contributed by atoms with Gasteiger partial charge in [0.2, 0.25) is 0 Å². The summed E-state index contributed by atoms with van der Waals surface area (Å²) in [5, 5.41) is 7.71. The molecule has 37 heavy (non-hydrogen) atoms. The monoisotopic (exact) mass is 501 g/mol. The van der Waals surface area contributed by atoms with Crippen molar-refractivity contribution in [2.24, 2.45) is 5.73 Å². The van der Waals surface area contributed by atoms with Crippen molar-refractivity contribution in [3.63, 3.8) is 0 Å². The van der Waals surface area contributed by atoms with Gasteiger partial charge in [-0.2, -0.15) is 0 Å². The fraction of sp³-hybridized carbons (Fsp3) is 0.241. The molecule has 0 radical (unpaired) electrons. The average molecular weight is 502 g/mol. The summed E-state index contributed by atoms with van der Waals surface area (Å²) in [5.74, 6) is 0.725. The van der Waals surface area contributed by atoms with E-state index in [-0.39, 0.29) is 29.9 Å². The summed E-state index contributed by atoms with van der Waals surface area (Å²) in [4.78, 5) is 9.82. The first-order valence-corrected chi connectivity index (χ1v) is 12.2. The molecule has 3 aromatic carbocycles. The van der Waals surface area contributed by atoms with Gasteiger partial charge in [-0.05, 0) is 58.0 Å². The molecule has 0 aliphatic carbocycles. The zero-order valence-electron chi connectivity index (χ0n) is 21.5. The number of benzene rings is 3. The number of anilines is 2. The van der Waals surface area contributed by atoms with E-state index in [0.29, 0.717) is 29.4 Å². The zero-order chi connectivity index (χ0) is 26.5. The van der Waals surface area contributed by atoms with E-state index in [0.717, 1.165) is 16.8 Å². The lowest BCUT2D eigenvalue weighted by Gasteiger charge is -2.26. The van der Waals surface area contributed by atoms with E-state index in [2.05, 4.69) is 11.1 Å². The maximum atomic E-state index is 15.9. The molecular weight excluding hydrogens is 469 g/mol. The van der Waals surface area contributed by atoms with E-state index in [1.54, 1.807) is 41.3 Å². The number of aromatic amines is 1. The third kappa shape index (κ3) is 6.09. The van der Waals surface area contributed by atoms with Gasteiger partial charge in [-0.15, -0.1) is 0 Å². The average Bonchev–Trinajstić information content (AvgIpc) is 3.33. The minimum atomic E-state index is -0.502. The van der Waals surface area contributed by atoms with Gasteiger partial charge in [0.1, 0.15) is 17.4 Å². The number of amidine groups is 1. The van der Waals surface area contributed by atoms with Crippen LogP contribution in [0.15, 0.2) is 66.9 Å². The van der Waals surface area contributed by atoms with Gasteiger partial charge >= 0.3 is 0 Å². The standard InChI is InChI=1S/C29H32FN5O2/c1-5-36-23-14-25(28(30)26(15-23)37-18(2)3)35(22-11-9-20(10-12-22)29(31)32)17-27-33-16-24(34-27)21-8-6-7-19(4)13-21/h6-16,18H,5,17H2,1-4H3,(H3,31,32)(H,33,34). The Morgan fingerprint density at radius 1 is 1.14 bits per heavy atom. The van der Waals surface area contributed by atoms with Gasteiger partial charge in [-0.25, -0.2) is 9.37 Å². The van der Waals surface area contributed by atoms with Crippen LogP contribution in [0.5, 0.6) is 11.5 Å². The Balaban J connectivity index is 1.79. The molecule has 0 bridgehead atoms. The Bertz CT molecular complexity index is 1380. The number of nitrogens with zero attached hydrogens (tertiary/aromatic N) is 2. The molecule has 7 nitrogen and oxygen atoms in total. The summed E-state index contributed by atoms with van der Waals surface area (Å²) in [6, 6.07) is 18.4. The van der Waals surface area contributed by atoms with Gasteiger partial charge in [0.25, 0.3) is 0 Å². The number of rotatable bonds is 10. The van der Waals surface area contributed by atoms with E-state index in [4.69, 9.17) is 25.6 Å². The van der Waals surface area contributed by atoms with Gasteiger partial charge in [-0.3, -0.25) is 5.41 Å². The third-order valence-electron chi connectivity index (χ3n) is 5.70. The predicted molar refractivity (Wildman–Crippen MR) is 145 cm³/mol. The highest BCUT2D eigenvalue weighted by atomic mass is 19.1. The number of nitrogen functional groups attached to an aromatic ring is 1. The number of H-pyrrole nitrogens is 1. The van der Waals surface area contributed by atoms with Crippen molar-refractivity contribution in [2.45, 2.75) is 40.3 Å².